The normalized spacial score (nSPS) is 10.2. The number of nitrogens with zero attached hydrogens (tertiary/aromatic N) is 1. The second-order valence-corrected chi connectivity index (χ2v) is 4.39. The first-order chi connectivity index (χ1) is 9.52. The molecule has 0 unspecified atom stereocenters. The summed E-state index contributed by atoms with van der Waals surface area (Å²) >= 11 is 0. The largest absolute Gasteiger partial charge is 0.475 e. The minimum Gasteiger partial charge on any atom is -0.475 e. The van der Waals surface area contributed by atoms with E-state index in [2.05, 4.69) is 15.6 Å². The molecule has 0 spiro atoms. The number of pyridine rings is 1. The quantitative estimate of drug-likeness (QED) is 0.628. The number of amides is 2. The van der Waals surface area contributed by atoms with E-state index in [1.54, 1.807) is 12.3 Å². The van der Waals surface area contributed by atoms with Crippen LogP contribution in [0.5, 0.6) is 5.88 Å². The Kier molecular flexibility index (Phi) is 6.45. The van der Waals surface area contributed by atoms with E-state index in [-0.39, 0.29) is 37.6 Å². The predicted octanol–water partition coefficient (Wildman–Crippen LogP) is -0.440. The zero-order valence-electron chi connectivity index (χ0n) is 11.7. The van der Waals surface area contributed by atoms with Gasteiger partial charge in [0.1, 0.15) is 0 Å². The summed E-state index contributed by atoms with van der Waals surface area (Å²) in [7, 11) is 0. The van der Waals surface area contributed by atoms with Crippen molar-refractivity contribution < 1.29 is 14.3 Å². The molecule has 7 nitrogen and oxygen atoms in total. The van der Waals surface area contributed by atoms with E-state index in [0.29, 0.717) is 5.88 Å². The van der Waals surface area contributed by atoms with Gasteiger partial charge in [-0.1, -0.05) is 6.07 Å². The van der Waals surface area contributed by atoms with Crippen molar-refractivity contribution >= 4 is 11.8 Å². The minimum absolute atomic E-state index is 0.00296. The Morgan fingerprint density at radius 2 is 2.10 bits per heavy atom. The summed E-state index contributed by atoms with van der Waals surface area (Å²) in [6.07, 6.45) is 1.63. The van der Waals surface area contributed by atoms with Gasteiger partial charge in [0.15, 0.2) is 0 Å². The highest BCUT2D eigenvalue weighted by Crippen LogP contribution is 2.15. The molecule has 0 atom stereocenters. The maximum atomic E-state index is 11.5. The molecule has 0 aliphatic rings. The van der Waals surface area contributed by atoms with Gasteiger partial charge in [-0.15, -0.1) is 0 Å². The lowest BCUT2D eigenvalue weighted by Gasteiger charge is -2.13. The Morgan fingerprint density at radius 3 is 2.75 bits per heavy atom. The molecule has 0 bridgehead atoms. The fourth-order valence-corrected chi connectivity index (χ4v) is 1.40. The van der Waals surface area contributed by atoms with Crippen molar-refractivity contribution in [2.24, 2.45) is 5.73 Å². The van der Waals surface area contributed by atoms with Crippen LogP contribution >= 0.6 is 0 Å². The zero-order chi connectivity index (χ0) is 15.0. The van der Waals surface area contributed by atoms with E-state index in [1.807, 2.05) is 19.9 Å². The molecule has 7 heteroatoms. The fraction of sp³-hybridized carbons (Fsp3) is 0.462. The summed E-state index contributed by atoms with van der Waals surface area (Å²) in [5, 5.41) is 5.07. The first-order valence-electron chi connectivity index (χ1n) is 6.37. The van der Waals surface area contributed by atoms with Crippen molar-refractivity contribution in [2.45, 2.75) is 26.5 Å². The Bertz CT molecular complexity index is 463. The van der Waals surface area contributed by atoms with E-state index < -0.39 is 0 Å². The SMILES string of the molecule is CC(C)Oc1ncccc1CNC(=O)CNC(=O)CN. The van der Waals surface area contributed by atoms with Crippen molar-refractivity contribution in [3.05, 3.63) is 23.9 Å². The number of ether oxygens (including phenoxy) is 1. The lowest BCUT2D eigenvalue weighted by Crippen LogP contribution is -2.39. The molecule has 2 amide bonds. The molecule has 1 rings (SSSR count). The Hall–Kier alpha value is -2.15. The second kappa shape index (κ2) is 8.11. The summed E-state index contributed by atoms with van der Waals surface area (Å²) in [4.78, 5) is 26.6. The van der Waals surface area contributed by atoms with Crippen LogP contribution in [0.2, 0.25) is 0 Å². The van der Waals surface area contributed by atoms with Crippen molar-refractivity contribution in [1.82, 2.24) is 15.6 Å². The Morgan fingerprint density at radius 1 is 1.35 bits per heavy atom. The highest BCUT2D eigenvalue weighted by molar-refractivity contribution is 5.85. The van der Waals surface area contributed by atoms with Gasteiger partial charge in [-0.3, -0.25) is 9.59 Å². The van der Waals surface area contributed by atoms with E-state index in [9.17, 15) is 9.59 Å². The van der Waals surface area contributed by atoms with Crippen molar-refractivity contribution in [3.8, 4) is 5.88 Å². The van der Waals surface area contributed by atoms with E-state index in [4.69, 9.17) is 10.5 Å². The van der Waals surface area contributed by atoms with Gasteiger partial charge in [-0.2, -0.15) is 0 Å². The molecule has 0 aliphatic carbocycles. The number of rotatable bonds is 7. The molecule has 20 heavy (non-hydrogen) atoms. The van der Waals surface area contributed by atoms with E-state index in [0.717, 1.165) is 5.56 Å². The summed E-state index contributed by atoms with van der Waals surface area (Å²) in [5.41, 5.74) is 5.90. The lowest BCUT2D eigenvalue weighted by atomic mass is 10.2. The van der Waals surface area contributed by atoms with Gasteiger partial charge in [0, 0.05) is 18.3 Å². The fourth-order valence-electron chi connectivity index (χ4n) is 1.40. The third-order valence-electron chi connectivity index (χ3n) is 2.30. The van der Waals surface area contributed by atoms with Crippen LogP contribution in [0.3, 0.4) is 0 Å². The van der Waals surface area contributed by atoms with E-state index in [1.165, 1.54) is 0 Å². The van der Waals surface area contributed by atoms with Crippen LogP contribution in [-0.2, 0) is 16.1 Å². The average molecular weight is 280 g/mol. The van der Waals surface area contributed by atoms with Crippen molar-refractivity contribution in [2.75, 3.05) is 13.1 Å². The molecule has 1 aromatic heterocycles. The number of hydrogen-bond donors (Lipinski definition) is 3. The molecular formula is C13H20N4O3. The van der Waals surface area contributed by atoms with Gasteiger partial charge >= 0.3 is 0 Å². The molecule has 1 aromatic rings. The highest BCUT2D eigenvalue weighted by Gasteiger charge is 2.09. The molecule has 0 fully saturated rings. The lowest BCUT2D eigenvalue weighted by molar-refractivity contribution is -0.125. The van der Waals surface area contributed by atoms with E-state index >= 15 is 0 Å². The van der Waals surface area contributed by atoms with Crippen LogP contribution in [0.15, 0.2) is 18.3 Å². The Balaban J connectivity index is 2.48. The standard InChI is InChI=1S/C13H20N4O3/c1-9(2)20-13-10(4-3-5-15-13)7-16-12(19)8-17-11(18)6-14/h3-5,9H,6-8,14H2,1-2H3,(H,16,19)(H,17,18). The van der Waals surface area contributed by atoms with Crippen LogP contribution in [-0.4, -0.2) is 36.0 Å². The molecular weight excluding hydrogens is 260 g/mol. The molecule has 4 N–H and O–H groups in total. The summed E-state index contributed by atoms with van der Waals surface area (Å²) in [6.45, 7) is 3.85. The van der Waals surface area contributed by atoms with Crippen LogP contribution in [0, 0.1) is 0 Å². The van der Waals surface area contributed by atoms with Gasteiger partial charge in [-0.25, -0.2) is 4.98 Å². The Labute approximate surface area is 117 Å². The monoisotopic (exact) mass is 280 g/mol. The summed E-state index contributed by atoms with van der Waals surface area (Å²) in [6, 6.07) is 3.59. The molecule has 0 radical (unpaired) electrons. The number of hydrogen-bond acceptors (Lipinski definition) is 5. The number of carbonyl (C=O) groups excluding carboxylic acids is 2. The van der Waals surface area contributed by atoms with Crippen LogP contribution in [0.1, 0.15) is 19.4 Å². The van der Waals surface area contributed by atoms with Gasteiger partial charge < -0.3 is 21.1 Å². The third-order valence-corrected chi connectivity index (χ3v) is 2.30. The van der Waals surface area contributed by atoms with Gasteiger partial charge in [0.25, 0.3) is 0 Å². The third kappa shape index (κ3) is 5.66. The highest BCUT2D eigenvalue weighted by atomic mass is 16.5. The number of carbonyl (C=O) groups is 2. The van der Waals surface area contributed by atoms with Gasteiger partial charge in [0.05, 0.1) is 19.2 Å². The molecule has 1 heterocycles. The van der Waals surface area contributed by atoms with Crippen molar-refractivity contribution in [1.29, 1.82) is 0 Å². The van der Waals surface area contributed by atoms with Crippen LogP contribution < -0.4 is 21.1 Å². The minimum atomic E-state index is -0.370. The molecule has 110 valence electrons. The van der Waals surface area contributed by atoms with Crippen molar-refractivity contribution in [3.63, 3.8) is 0 Å². The summed E-state index contributed by atoms with van der Waals surface area (Å²) < 4.78 is 5.54. The smallest absolute Gasteiger partial charge is 0.239 e. The number of nitrogens with two attached hydrogens (primary N) is 1. The average Bonchev–Trinajstić information content (AvgIpc) is 2.43. The summed E-state index contributed by atoms with van der Waals surface area (Å²) in [5.74, 6) is -0.176. The molecule has 0 aliphatic heterocycles. The number of nitrogens with one attached hydrogen (secondary N) is 2. The second-order valence-electron chi connectivity index (χ2n) is 4.39. The van der Waals surface area contributed by atoms with Crippen LogP contribution in [0.25, 0.3) is 0 Å². The topological polar surface area (TPSA) is 106 Å². The molecule has 0 saturated carbocycles. The molecule has 0 saturated heterocycles. The first kappa shape index (κ1) is 15.9. The maximum Gasteiger partial charge on any atom is 0.239 e. The number of aromatic nitrogens is 1. The first-order valence-corrected chi connectivity index (χ1v) is 6.37. The predicted molar refractivity (Wildman–Crippen MR) is 73.9 cm³/mol. The maximum absolute atomic E-state index is 11.5. The molecule has 0 aromatic carbocycles. The van der Waals surface area contributed by atoms with Gasteiger partial charge in [0.2, 0.25) is 17.7 Å². The van der Waals surface area contributed by atoms with Gasteiger partial charge in [-0.05, 0) is 19.9 Å². The van der Waals surface area contributed by atoms with Crippen LogP contribution in [0.4, 0.5) is 0 Å². The zero-order valence-corrected chi connectivity index (χ0v) is 11.7.